The zero-order chi connectivity index (χ0) is 13.3. The summed E-state index contributed by atoms with van der Waals surface area (Å²) in [6, 6.07) is 3.09. The molecule has 1 fully saturated rings. The highest BCUT2D eigenvalue weighted by molar-refractivity contribution is 9.10. The Morgan fingerprint density at radius 2 is 1.56 bits per heavy atom. The number of sulfonamides is 1. The van der Waals surface area contributed by atoms with Gasteiger partial charge in [0.2, 0.25) is 10.0 Å². The normalized spacial score (nSPS) is 17.9. The largest absolute Gasteiger partial charge is 0.246 e. The van der Waals surface area contributed by atoms with Crippen molar-refractivity contribution in [1.82, 2.24) is 4.31 Å². The van der Waals surface area contributed by atoms with Crippen molar-refractivity contribution in [2.75, 3.05) is 13.1 Å². The van der Waals surface area contributed by atoms with Crippen LogP contribution in [0.15, 0.2) is 21.5 Å². The van der Waals surface area contributed by atoms with Crippen molar-refractivity contribution in [3.63, 3.8) is 0 Å². The van der Waals surface area contributed by atoms with Crippen LogP contribution < -0.4 is 0 Å². The topological polar surface area (TPSA) is 37.4 Å². The van der Waals surface area contributed by atoms with E-state index in [2.05, 4.69) is 15.9 Å². The van der Waals surface area contributed by atoms with Crippen molar-refractivity contribution in [1.29, 1.82) is 0 Å². The van der Waals surface area contributed by atoms with E-state index in [1.807, 2.05) is 0 Å². The van der Waals surface area contributed by atoms with E-state index in [-0.39, 0.29) is 14.9 Å². The van der Waals surface area contributed by atoms with Crippen molar-refractivity contribution < 1.29 is 8.42 Å². The van der Waals surface area contributed by atoms with Crippen LogP contribution in [0.4, 0.5) is 0 Å². The van der Waals surface area contributed by atoms with E-state index in [0.29, 0.717) is 17.6 Å². The number of nitrogens with zero attached hydrogens (tertiary/aromatic N) is 1. The molecule has 100 valence electrons. The van der Waals surface area contributed by atoms with E-state index in [1.165, 1.54) is 4.31 Å². The second-order valence-corrected chi connectivity index (χ2v) is 7.77. The second kappa shape index (κ2) is 5.67. The number of piperidine rings is 1. The summed E-state index contributed by atoms with van der Waals surface area (Å²) in [5.74, 6) is 0. The number of benzene rings is 1. The van der Waals surface area contributed by atoms with Gasteiger partial charge in [0.05, 0.1) is 10.0 Å². The van der Waals surface area contributed by atoms with Crippen LogP contribution in [-0.2, 0) is 10.0 Å². The van der Waals surface area contributed by atoms with Crippen molar-refractivity contribution in [3.8, 4) is 0 Å². The maximum Gasteiger partial charge on any atom is 0.246 e. The molecular formula is C11H12BrCl2NO2S. The zero-order valence-electron chi connectivity index (χ0n) is 9.50. The Balaban J connectivity index is 2.47. The Morgan fingerprint density at radius 3 is 2.06 bits per heavy atom. The third-order valence-corrected chi connectivity index (χ3v) is 6.15. The van der Waals surface area contributed by atoms with E-state index >= 15 is 0 Å². The molecule has 0 unspecified atom stereocenters. The molecular weight excluding hydrogens is 361 g/mol. The average molecular weight is 373 g/mol. The monoisotopic (exact) mass is 371 g/mol. The molecule has 18 heavy (non-hydrogen) atoms. The number of hydrogen-bond acceptors (Lipinski definition) is 2. The summed E-state index contributed by atoms with van der Waals surface area (Å²) in [7, 11) is -3.59. The first-order valence-corrected chi connectivity index (χ1v) is 8.56. The molecule has 0 aromatic heterocycles. The lowest BCUT2D eigenvalue weighted by Crippen LogP contribution is -2.35. The van der Waals surface area contributed by atoms with Crippen LogP contribution in [-0.4, -0.2) is 25.8 Å². The molecule has 0 spiro atoms. The van der Waals surface area contributed by atoms with Gasteiger partial charge in [0, 0.05) is 17.6 Å². The van der Waals surface area contributed by atoms with Crippen LogP contribution in [0, 0.1) is 0 Å². The molecule has 1 aliphatic heterocycles. The van der Waals surface area contributed by atoms with Crippen molar-refractivity contribution >= 4 is 49.2 Å². The van der Waals surface area contributed by atoms with E-state index in [1.54, 1.807) is 12.1 Å². The predicted molar refractivity (Wildman–Crippen MR) is 76.8 cm³/mol. The zero-order valence-corrected chi connectivity index (χ0v) is 13.4. The quantitative estimate of drug-likeness (QED) is 0.788. The standard InChI is InChI=1S/C11H12BrCl2NO2S/c12-8-6-9(13)11(10(14)7-8)18(16,17)15-4-2-1-3-5-15/h6-7H,1-5H2. The number of hydrogen-bond donors (Lipinski definition) is 0. The fourth-order valence-corrected chi connectivity index (χ4v) is 5.41. The molecule has 3 nitrogen and oxygen atoms in total. The van der Waals surface area contributed by atoms with Gasteiger partial charge in [-0.2, -0.15) is 4.31 Å². The van der Waals surface area contributed by atoms with Crippen molar-refractivity contribution in [3.05, 3.63) is 26.7 Å². The van der Waals surface area contributed by atoms with E-state index < -0.39 is 10.0 Å². The lowest BCUT2D eigenvalue weighted by Gasteiger charge is -2.26. The Hall–Kier alpha value is 0.190. The van der Waals surface area contributed by atoms with Gasteiger partial charge in [-0.25, -0.2) is 8.42 Å². The van der Waals surface area contributed by atoms with Gasteiger partial charge in [-0.15, -0.1) is 0 Å². The van der Waals surface area contributed by atoms with Crippen LogP contribution in [0.1, 0.15) is 19.3 Å². The van der Waals surface area contributed by atoms with Gasteiger partial charge in [-0.05, 0) is 25.0 Å². The molecule has 0 amide bonds. The third kappa shape index (κ3) is 2.85. The van der Waals surface area contributed by atoms with Gasteiger partial charge in [-0.1, -0.05) is 45.6 Å². The van der Waals surface area contributed by atoms with E-state index in [4.69, 9.17) is 23.2 Å². The van der Waals surface area contributed by atoms with Gasteiger partial charge in [-0.3, -0.25) is 0 Å². The Labute approximate surface area is 125 Å². The smallest absolute Gasteiger partial charge is 0.207 e. The fourth-order valence-electron chi connectivity index (χ4n) is 2.01. The lowest BCUT2D eigenvalue weighted by atomic mass is 10.2. The summed E-state index contributed by atoms with van der Waals surface area (Å²) in [5.41, 5.74) is 0. The van der Waals surface area contributed by atoms with Gasteiger partial charge < -0.3 is 0 Å². The Bertz CT molecular complexity index is 533. The molecule has 1 heterocycles. The highest BCUT2D eigenvalue weighted by atomic mass is 79.9. The molecule has 1 saturated heterocycles. The molecule has 0 saturated carbocycles. The minimum absolute atomic E-state index is 0.0101. The van der Waals surface area contributed by atoms with Crippen LogP contribution >= 0.6 is 39.1 Å². The molecule has 1 aromatic rings. The Kier molecular flexibility index (Phi) is 4.60. The average Bonchev–Trinajstić information content (AvgIpc) is 2.28. The molecule has 0 aliphatic carbocycles. The first kappa shape index (κ1) is 14.6. The van der Waals surface area contributed by atoms with Crippen LogP contribution in [0.5, 0.6) is 0 Å². The second-order valence-electron chi connectivity index (χ2n) is 4.16. The van der Waals surface area contributed by atoms with Crippen LogP contribution in [0.25, 0.3) is 0 Å². The molecule has 1 aromatic carbocycles. The maximum absolute atomic E-state index is 12.5. The maximum atomic E-state index is 12.5. The van der Waals surface area contributed by atoms with Crippen molar-refractivity contribution in [2.24, 2.45) is 0 Å². The summed E-state index contributed by atoms with van der Waals surface area (Å²) in [5, 5.41) is 0.305. The van der Waals surface area contributed by atoms with Crippen LogP contribution in [0.2, 0.25) is 10.0 Å². The Morgan fingerprint density at radius 1 is 1.06 bits per heavy atom. The fraction of sp³-hybridized carbons (Fsp3) is 0.455. The minimum Gasteiger partial charge on any atom is -0.207 e. The molecule has 0 bridgehead atoms. The SMILES string of the molecule is O=S(=O)(c1c(Cl)cc(Br)cc1Cl)N1CCCCC1. The first-order valence-electron chi connectivity index (χ1n) is 5.57. The molecule has 1 aliphatic rings. The third-order valence-electron chi connectivity index (χ3n) is 2.88. The first-order chi connectivity index (χ1) is 8.43. The lowest BCUT2D eigenvalue weighted by molar-refractivity contribution is 0.346. The summed E-state index contributed by atoms with van der Waals surface area (Å²) in [4.78, 5) is 0.0101. The summed E-state index contributed by atoms with van der Waals surface area (Å²) >= 11 is 15.3. The number of rotatable bonds is 2. The van der Waals surface area contributed by atoms with Gasteiger partial charge in [0.25, 0.3) is 0 Å². The van der Waals surface area contributed by atoms with Gasteiger partial charge >= 0.3 is 0 Å². The van der Waals surface area contributed by atoms with Gasteiger partial charge in [0.15, 0.2) is 0 Å². The predicted octanol–water partition coefficient (Wildman–Crippen LogP) is 3.93. The molecule has 0 radical (unpaired) electrons. The van der Waals surface area contributed by atoms with Crippen LogP contribution in [0.3, 0.4) is 0 Å². The molecule has 0 N–H and O–H groups in total. The summed E-state index contributed by atoms with van der Waals surface area (Å²) < 4.78 is 27.1. The summed E-state index contributed by atoms with van der Waals surface area (Å²) in [6.07, 6.45) is 2.82. The van der Waals surface area contributed by atoms with E-state index in [9.17, 15) is 8.42 Å². The van der Waals surface area contributed by atoms with E-state index in [0.717, 1.165) is 19.3 Å². The summed E-state index contributed by atoms with van der Waals surface area (Å²) in [6.45, 7) is 1.07. The van der Waals surface area contributed by atoms with Crippen molar-refractivity contribution in [2.45, 2.75) is 24.2 Å². The van der Waals surface area contributed by atoms with Gasteiger partial charge in [0.1, 0.15) is 4.90 Å². The molecule has 7 heteroatoms. The highest BCUT2D eigenvalue weighted by Gasteiger charge is 2.30. The minimum atomic E-state index is -3.59. The molecule has 0 atom stereocenters. The highest BCUT2D eigenvalue weighted by Crippen LogP contribution is 2.35. The molecule has 2 rings (SSSR count). The number of halogens is 3.